The number of rotatable bonds is 3. The predicted octanol–water partition coefficient (Wildman–Crippen LogP) is 1.93. The van der Waals surface area contributed by atoms with Gasteiger partial charge in [-0.1, -0.05) is 19.3 Å². The number of anilines is 1. The average Bonchev–Trinajstić information content (AvgIpc) is 2.44. The molecule has 80 valence electrons. The molecule has 3 nitrogen and oxygen atoms in total. The third-order valence-electron chi connectivity index (χ3n) is 3.17. The molecule has 1 fully saturated rings. The summed E-state index contributed by atoms with van der Waals surface area (Å²) in [5.41, 5.74) is 7.16. The predicted molar refractivity (Wildman–Crippen MR) is 61.4 cm³/mol. The van der Waals surface area contributed by atoms with Gasteiger partial charge in [0, 0.05) is 12.3 Å². The van der Waals surface area contributed by atoms with Crippen LogP contribution >= 0.6 is 0 Å². The highest BCUT2D eigenvalue weighted by Crippen LogP contribution is 2.38. The lowest BCUT2D eigenvalue weighted by Crippen LogP contribution is -2.12. The number of hydrogen-bond donors (Lipinski definition) is 1. The highest BCUT2D eigenvalue weighted by atomic mass is 15.1. The number of nitrogens with zero attached hydrogens (tertiary/aromatic N) is 2. The summed E-state index contributed by atoms with van der Waals surface area (Å²) in [5, 5.41) is 0. The molecular weight excluding hydrogens is 186 g/mol. The molecule has 1 aromatic heterocycles. The summed E-state index contributed by atoms with van der Waals surface area (Å²) in [6, 6.07) is 0. The molecule has 0 atom stereocenters. The normalized spacial score (nSPS) is 16.0. The quantitative estimate of drug-likeness (QED) is 0.763. The van der Waals surface area contributed by atoms with Crippen LogP contribution < -0.4 is 5.73 Å². The van der Waals surface area contributed by atoms with E-state index in [-0.39, 0.29) is 0 Å². The number of nitrogen functional groups attached to an aromatic ring is 1. The highest BCUT2D eigenvalue weighted by molar-refractivity contribution is 5.42. The van der Waals surface area contributed by atoms with Crippen molar-refractivity contribution in [3.8, 4) is 12.3 Å². The zero-order chi connectivity index (χ0) is 10.8. The van der Waals surface area contributed by atoms with Crippen molar-refractivity contribution in [1.29, 1.82) is 0 Å². The minimum Gasteiger partial charge on any atom is -0.384 e. The van der Waals surface area contributed by atoms with E-state index in [0.717, 1.165) is 23.8 Å². The van der Waals surface area contributed by atoms with Gasteiger partial charge < -0.3 is 10.3 Å². The average molecular weight is 203 g/mol. The Morgan fingerprint density at radius 1 is 1.60 bits per heavy atom. The Morgan fingerprint density at radius 2 is 2.33 bits per heavy atom. The van der Waals surface area contributed by atoms with Crippen LogP contribution in [0.4, 0.5) is 5.82 Å². The van der Waals surface area contributed by atoms with Crippen LogP contribution in [-0.4, -0.2) is 9.55 Å². The van der Waals surface area contributed by atoms with Crippen molar-refractivity contribution in [2.45, 2.75) is 45.1 Å². The van der Waals surface area contributed by atoms with Crippen molar-refractivity contribution in [2.24, 2.45) is 0 Å². The molecule has 1 aromatic rings. The van der Waals surface area contributed by atoms with Crippen molar-refractivity contribution in [2.75, 3.05) is 5.73 Å². The van der Waals surface area contributed by atoms with Gasteiger partial charge in [-0.05, 0) is 12.8 Å². The number of nitrogens with two attached hydrogens (primary N) is 1. The second-order valence-electron chi connectivity index (χ2n) is 4.07. The number of hydrogen-bond acceptors (Lipinski definition) is 2. The van der Waals surface area contributed by atoms with E-state index < -0.39 is 0 Å². The van der Waals surface area contributed by atoms with Crippen LogP contribution in [0.1, 0.15) is 43.6 Å². The van der Waals surface area contributed by atoms with E-state index in [1.54, 1.807) is 0 Å². The maximum Gasteiger partial charge on any atom is 0.127 e. The molecule has 15 heavy (non-hydrogen) atoms. The number of terminal acetylenes is 1. The summed E-state index contributed by atoms with van der Waals surface area (Å²) in [6.07, 6.45) is 9.96. The monoisotopic (exact) mass is 203 g/mol. The summed E-state index contributed by atoms with van der Waals surface area (Å²) in [7, 11) is 0. The minimum absolute atomic E-state index is 0.536. The maximum atomic E-state index is 6.08. The van der Waals surface area contributed by atoms with Crippen LogP contribution in [0.2, 0.25) is 0 Å². The molecule has 1 saturated carbocycles. The third kappa shape index (κ3) is 1.61. The fourth-order valence-electron chi connectivity index (χ4n) is 2.05. The summed E-state index contributed by atoms with van der Waals surface area (Å²) >= 11 is 0. The van der Waals surface area contributed by atoms with Gasteiger partial charge in [0.15, 0.2) is 0 Å². The van der Waals surface area contributed by atoms with Gasteiger partial charge in [-0.2, -0.15) is 0 Å². The van der Waals surface area contributed by atoms with Crippen LogP contribution in [-0.2, 0) is 13.0 Å². The second-order valence-corrected chi connectivity index (χ2v) is 4.07. The molecule has 0 spiro atoms. The van der Waals surface area contributed by atoms with Crippen LogP contribution in [0.5, 0.6) is 0 Å². The molecule has 0 saturated heterocycles. The van der Waals surface area contributed by atoms with Gasteiger partial charge in [-0.3, -0.25) is 0 Å². The summed E-state index contributed by atoms with van der Waals surface area (Å²) in [5.74, 6) is 5.02. The van der Waals surface area contributed by atoms with Gasteiger partial charge in [0.05, 0.1) is 12.2 Å². The van der Waals surface area contributed by atoms with Gasteiger partial charge in [-0.15, -0.1) is 6.42 Å². The molecule has 0 aliphatic heterocycles. The largest absolute Gasteiger partial charge is 0.384 e. The van der Waals surface area contributed by atoms with Crippen molar-refractivity contribution in [3.05, 3.63) is 11.5 Å². The molecule has 0 amide bonds. The lowest BCUT2D eigenvalue weighted by molar-refractivity contribution is 0.413. The summed E-state index contributed by atoms with van der Waals surface area (Å²) < 4.78 is 1.97. The van der Waals surface area contributed by atoms with Crippen molar-refractivity contribution in [1.82, 2.24) is 9.55 Å². The molecule has 0 radical (unpaired) electrons. The van der Waals surface area contributed by atoms with Crippen molar-refractivity contribution < 1.29 is 0 Å². The molecule has 0 bridgehead atoms. The Kier molecular flexibility index (Phi) is 2.68. The Labute approximate surface area is 90.7 Å². The van der Waals surface area contributed by atoms with E-state index in [1.807, 2.05) is 4.57 Å². The zero-order valence-electron chi connectivity index (χ0n) is 9.16. The molecule has 0 aromatic carbocycles. The second kappa shape index (κ2) is 3.98. The first-order valence-corrected chi connectivity index (χ1v) is 5.56. The van der Waals surface area contributed by atoms with E-state index >= 15 is 0 Å². The fourth-order valence-corrected chi connectivity index (χ4v) is 2.05. The van der Waals surface area contributed by atoms with E-state index in [4.69, 9.17) is 12.2 Å². The fraction of sp³-hybridized carbons (Fsp3) is 0.583. The summed E-state index contributed by atoms with van der Waals surface area (Å²) in [6.45, 7) is 2.62. The zero-order valence-corrected chi connectivity index (χ0v) is 9.16. The Bertz CT molecular complexity index is 394. The molecule has 0 unspecified atom stereocenters. The SMILES string of the molecule is C#CCn1c(CC)nc(C2CCC2)c1N. The molecule has 1 aliphatic carbocycles. The first-order chi connectivity index (χ1) is 7.27. The third-order valence-corrected chi connectivity index (χ3v) is 3.17. The first-order valence-electron chi connectivity index (χ1n) is 5.56. The smallest absolute Gasteiger partial charge is 0.127 e. The van der Waals surface area contributed by atoms with E-state index in [1.165, 1.54) is 19.3 Å². The van der Waals surface area contributed by atoms with Gasteiger partial charge >= 0.3 is 0 Å². The Balaban J connectivity index is 2.36. The van der Waals surface area contributed by atoms with E-state index in [2.05, 4.69) is 17.8 Å². The number of aryl methyl sites for hydroxylation is 1. The molecule has 2 N–H and O–H groups in total. The standard InChI is InChI=1S/C12H17N3/c1-3-8-15-10(4-2)14-11(12(15)13)9-6-5-7-9/h1,9H,4-8,13H2,2H3. The van der Waals surface area contributed by atoms with Gasteiger partial charge in [0.1, 0.15) is 11.6 Å². The topological polar surface area (TPSA) is 43.8 Å². The molecule has 3 heteroatoms. The van der Waals surface area contributed by atoms with Crippen LogP contribution in [0.3, 0.4) is 0 Å². The molecule has 2 rings (SSSR count). The van der Waals surface area contributed by atoms with E-state index in [9.17, 15) is 0 Å². The van der Waals surface area contributed by atoms with Gasteiger partial charge in [0.25, 0.3) is 0 Å². The van der Waals surface area contributed by atoms with Crippen molar-refractivity contribution in [3.63, 3.8) is 0 Å². The maximum absolute atomic E-state index is 6.08. The van der Waals surface area contributed by atoms with Gasteiger partial charge in [-0.25, -0.2) is 4.98 Å². The lowest BCUT2D eigenvalue weighted by atomic mass is 9.83. The Morgan fingerprint density at radius 3 is 2.80 bits per heavy atom. The highest BCUT2D eigenvalue weighted by Gasteiger charge is 2.26. The lowest BCUT2D eigenvalue weighted by Gasteiger charge is -2.23. The minimum atomic E-state index is 0.536. The van der Waals surface area contributed by atoms with E-state index in [0.29, 0.717) is 12.5 Å². The van der Waals surface area contributed by atoms with Crippen LogP contribution in [0.25, 0.3) is 0 Å². The summed E-state index contributed by atoms with van der Waals surface area (Å²) in [4.78, 5) is 4.61. The Hall–Kier alpha value is -1.43. The van der Waals surface area contributed by atoms with Crippen molar-refractivity contribution >= 4 is 5.82 Å². The van der Waals surface area contributed by atoms with Gasteiger partial charge in [0.2, 0.25) is 0 Å². The molecular formula is C12H17N3. The number of imidazole rings is 1. The molecule has 1 heterocycles. The molecule has 1 aliphatic rings. The first kappa shape index (κ1) is 10.1. The van der Waals surface area contributed by atoms with Crippen LogP contribution in [0, 0.1) is 12.3 Å². The number of aromatic nitrogens is 2. The van der Waals surface area contributed by atoms with Crippen LogP contribution in [0.15, 0.2) is 0 Å².